The van der Waals surface area contributed by atoms with Crippen LogP contribution in [0.1, 0.15) is 12.0 Å². The monoisotopic (exact) mass is 361 g/mol. The zero-order chi connectivity index (χ0) is 17.3. The van der Waals surface area contributed by atoms with Crippen molar-refractivity contribution < 1.29 is 0 Å². The maximum atomic E-state index is 4.84. The molecule has 0 aliphatic carbocycles. The number of nitrogens with zero attached hydrogens (tertiary/aromatic N) is 5. The summed E-state index contributed by atoms with van der Waals surface area (Å²) in [5.41, 5.74) is 3.27. The first kappa shape index (κ1) is 15.5. The summed E-state index contributed by atoms with van der Waals surface area (Å²) in [6, 6.07) is 16.9. The molecule has 0 radical (unpaired) electrons. The van der Waals surface area contributed by atoms with Gasteiger partial charge in [-0.1, -0.05) is 30.3 Å². The fraction of sp³-hybridized carbons (Fsp3) is 0.250. The summed E-state index contributed by atoms with van der Waals surface area (Å²) < 4.78 is 1.86. The molecule has 5 rings (SSSR count). The molecule has 6 heteroatoms. The first-order chi connectivity index (χ1) is 12.9. The van der Waals surface area contributed by atoms with Crippen molar-refractivity contribution in [3.05, 3.63) is 64.9 Å². The summed E-state index contributed by atoms with van der Waals surface area (Å²) in [5, 5.41) is 17.5. The van der Waals surface area contributed by atoms with Gasteiger partial charge in [0.15, 0.2) is 11.5 Å². The Morgan fingerprint density at radius 3 is 2.81 bits per heavy atom. The van der Waals surface area contributed by atoms with E-state index in [0.717, 1.165) is 42.4 Å². The maximum absolute atomic E-state index is 4.84. The van der Waals surface area contributed by atoms with E-state index in [9.17, 15) is 0 Å². The summed E-state index contributed by atoms with van der Waals surface area (Å²) in [4.78, 5) is 2.38. The van der Waals surface area contributed by atoms with E-state index in [-0.39, 0.29) is 0 Å². The normalized spacial score (nSPS) is 17.2. The van der Waals surface area contributed by atoms with Crippen molar-refractivity contribution in [2.45, 2.75) is 12.8 Å². The van der Waals surface area contributed by atoms with Crippen LogP contribution in [-0.2, 0) is 6.42 Å². The van der Waals surface area contributed by atoms with E-state index < -0.39 is 0 Å². The van der Waals surface area contributed by atoms with Crippen molar-refractivity contribution in [1.29, 1.82) is 0 Å². The minimum Gasteiger partial charge on any atom is -0.355 e. The molecule has 1 saturated heterocycles. The van der Waals surface area contributed by atoms with Gasteiger partial charge >= 0.3 is 0 Å². The third-order valence-electron chi connectivity index (χ3n) is 5.01. The number of thiophene rings is 1. The molecule has 1 aliphatic rings. The summed E-state index contributed by atoms with van der Waals surface area (Å²) in [6.45, 7) is 2.09. The lowest BCUT2D eigenvalue weighted by Crippen LogP contribution is -2.22. The van der Waals surface area contributed by atoms with E-state index >= 15 is 0 Å². The van der Waals surface area contributed by atoms with Crippen LogP contribution in [0.25, 0.3) is 17.0 Å². The van der Waals surface area contributed by atoms with Gasteiger partial charge in [-0.15, -0.1) is 15.3 Å². The molecule has 1 unspecified atom stereocenters. The van der Waals surface area contributed by atoms with Crippen LogP contribution < -0.4 is 4.90 Å². The average Bonchev–Trinajstić information content (AvgIpc) is 3.42. The number of hydrogen-bond donors (Lipinski definition) is 0. The van der Waals surface area contributed by atoms with Gasteiger partial charge in [0.1, 0.15) is 5.82 Å². The minimum absolute atomic E-state index is 0.673. The predicted octanol–water partition coefficient (Wildman–Crippen LogP) is 3.92. The maximum Gasteiger partial charge on any atom is 0.186 e. The predicted molar refractivity (Wildman–Crippen MR) is 105 cm³/mol. The lowest BCUT2D eigenvalue weighted by Gasteiger charge is -2.17. The number of benzene rings is 1. The molecule has 5 nitrogen and oxygen atoms in total. The largest absolute Gasteiger partial charge is 0.355 e. The van der Waals surface area contributed by atoms with Crippen LogP contribution in [0.3, 0.4) is 0 Å². The Hall–Kier alpha value is -2.73. The van der Waals surface area contributed by atoms with Crippen LogP contribution in [0, 0.1) is 5.92 Å². The molecule has 0 spiro atoms. The van der Waals surface area contributed by atoms with Crippen LogP contribution in [0.15, 0.2) is 59.3 Å². The number of hydrogen-bond acceptors (Lipinski definition) is 5. The smallest absolute Gasteiger partial charge is 0.186 e. The molecule has 1 fully saturated rings. The Kier molecular flexibility index (Phi) is 3.90. The number of fused-ring (bicyclic) bond motifs is 1. The first-order valence-corrected chi connectivity index (χ1v) is 9.85. The Bertz CT molecular complexity index is 1010. The Morgan fingerprint density at radius 1 is 1.04 bits per heavy atom. The second-order valence-corrected chi connectivity index (χ2v) is 7.57. The topological polar surface area (TPSA) is 46.3 Å². The van der Waals surface area contributed by atoms with Gasteiger partial charge < -0.3 is 4.90 Å². The van der Waals surface area contributed by atoms with Gasteiger partial charge in [-0.25, -0.2) is 0 Å². The second kappa shape index (κ2) is 6.53. The molecule has 0 bridgehead atoms. The third kappa shape index (κ3) is 2.86. The van der Waals surface area contributed by atoms with E-state index in [1.54, 1.807) is 11.3 Å². The summed E-state index contributed by atoms with van der Waals surface area (Å²) >= 11 is 1.66. The molecule has 1 atom stereocenters. The van der Waals surface area contributed by atoms with Crippen LogP contribution in [0.5, 0.6) is 0 Å². The number of rotatable bonds is 4. The molecule has 4 aromatic rings. The van der Waals surface area contributed by atoms with Crippen molar-refractivity contribution in [1.82, 2.24) is 19.8 Å². The highest BCUT2D eigenvalue weighted by atomic mass is 32.1. The van der Waals surface area contributed by atoms with Gasteiger partial charge in [-0.3, -0.25) is 0 Å². The number of aromatic nitrogens is 4. The summed E-state index contributed by atoms with van der Waals surface area (Å²) in [6.07, 6.45) is 2.33. The zero-order valence-electron chi connectivity index (χ0n) is 14.3. The molecule has 130 valence electrons. The molecule has 3 aromatic heterocycles. The van der Waals surface area contributed by atoms with E-state index in [1.807, 2.05) is 10.6 Å². The Morgan fingerprint density at radius 2 is 1.96 bits per heavy atom. The Labute approximate surface area is 155 Å². The molecule has 0 N–H and O–H groups in total. The highest BCUT2D eigenvalue weighted by Crippen LogP contribution is 2.26. The Balaban J connectivity index is 1.39. The highest BCUT2D eigenvalue weighted by molar-refractivity contribution is 7.08. The third-order valence-corrected chi connectivity index (χ3v) is 5.69. The van der Waals surface area contributed by atoms with E-state index in [1.165, 1.54) is 12.0 Å². The molecule has 1 aliphatic heterocycles. The zero-order valence-corrected chi connectivity index (χ0v) is 15.1. The van der Waals surface area contributed by atoms with Crippen LogP contribution in [0.4, 0.5) is 5.82 Å². The molecular weight excluding hydrogens is 342 g/mol. The van der Waals surface area contributed by atoms with Crippen LogP contribution >= 0.6 is 11.3 Å². The van der Waals surface area contributed by atoms with Gasteiger partial charge in [0.05, 0.1) is 0 Å². The fourth-order valence-corrected chi connectivity index (χ4v) is 4.31. The van der Waals surface area contributed by atoms with E-state index in [2.05, 4.69) is 68.3 Å². The van der Waals surface area contributed by atoms with Gasteiger partial charge in [0, 0.05) is 24.0 Å². The second-order valence-electron chi connectivity index (χ2n) is 6.79. The fourth-order valence-electron chi connectivity index (χ4n) is 3.67. The first-order valence-electron chi connectivity index (χ1n) is 8.91. The van der Waals surface area contributed by atoms with Gasteiger partial charge in [-0.05, 0) is 47.9 Å². The van der Waals surface area contributed by atoms with Crippen molar-refractivity contribution in [2.24, 2.45) is 5.92 Å². The highest BCUT2D eigenvalue weighted by Gasteiger charge is 2.24. The van der Waals surface area contributed by atoms with Crippen LogP contribution in [-0.4, -0.2) is 32.9 Å². The van der Waals surface area contributed by atoms with Crippen molar-refractivity contribution in [2.75, 3.05) is 18.0 Å². The van der Waals surface area contributed by atoms with Crippen LogP contribution in [0.2, 0.25) is 0 Å². The molecule has 26 heavy (non-hydrogen) atoms. The SMILES string of the molecule is c1ccc(CC2CCN(c3ccc4nnc(-c5ccsc5)n4n3)C2)cc1. The minimum atomic E-state index is 0.673. The standard InChI is InChI=1S/C20H19N5S/c1-2-4-15(5-3-1)12-16-8-10-24(13-16)19-7-6-18-21-22-20(25(18)23-19)17-9-11-26-14-17/h1-7,9,11,14,16H,8,10,12-13H2. The lowest BCUT2D eigenvalue weighted by molar-refractivity contribution is 0.586. The summed E-state index contributed by atoms with van der Waals surface area (Å²) in [7, 11) is 0. The molecule has 0 amide bonds. The van der Waals surface area contributed by atoms with Gasteiger partial charge in [0.2, 0.25) is 0 Å². The molecule has 1 aromatic carbocycles. The van der Waals surface area contributed by atoms with E-state index in [4.69, 9.17) is 5.10 Å². The van der Waals surface area contributed by atoms with Crippen molar-refractivity contribution >= 4 is 22.8 Å². The molecule has 4 heterocycles. The average molecular weight is 361 g/mol. The molecular formula is C20H19N5S. The van der Waals surface area contributed by atoms with Crippen molar-refractivity contribution in [3.63, 3.8) is 0 Å². The molecule has 0 saturated carbocycles. The van der Waals surface area contributed by atoms with E-state index in [0.29, 0.717) is 5.92 Å². The van der Waals surface area contributed by atoms with Gasteiger partial charge in [-0.2, -0.15) is 15.9 Å². The number of anilines is 1. The van der Waals surface area contributed by atoms with Gasteiger partial charge in [0.25, 0.3) is 0 Å². The van der Waals surface area contributed by atoms with Crippen molar-refractivity contribution in [3.8, 4) is 11.4 Å². The lowest BCUT2D eigenvalue weighted by atomic mass is 9.99. The summed E-state index contributed by atoms with van der Waals surface area (Å²) in [5.74, 6) is 2.49. The quantitative estimate of drug-likeness (QED) is 0.553.